The van der Waals surface area contributed by atoms with Gasteiger partial charge in [0, 0.05) is 11.8 Å². The van der Waals surface area contributed by atoms with Crippen LogP contribution in [0.2, 0.25) is 0 Å². The summed E-state index contributed by atoms with van der Waals surface area (Å²) in [5.41, 5.74) is 4.10. The van der Waals surface area contributed by atoms with Gasteiger partial charge in [0.2, 0.25) is 0 Å². The molecule has 0 radical (unpaired) electrons. The van der Waals surface area contributed by atoms with Gasteiger partial charge in [0.05, 0.1) is 5.69 Å². The number of aromatic nitrogens is 1. The Hall–Kier alpha value is -2.22. The Labute approximate surface area is 145 Å². The molecule has 0 spiro atoms. The van der Waals surface area contributed by atoms with Crippen LogP contribution in [0.3, 0.4) is 0 Å². The van der Waals surface area contributed by atoms with E-state index in [4.69, 9.17) is 0 Å². The molecule has 1 heterocycles. The molecule has 2 rings (SSSR count). The Kier molecular flexibility index (Phi) is 5.38. The third-order valence-electron chi connectivity index (χ3n) is 4.06. The van der Waals surface area contributed by atoms with Crippen molar-refractivity contribution in [1.82, 2.24) is 4.98 Å². The standard InChI is InChI=1S/C22H26FN/c1-15(2)13-16(3)17(4)18-7-9-19(10-8-18)21-14-20(11-12-24-21)22(5,6)23/h7-12,14-15H,3-4,13H2,1-2,5-6H3. The van der Waals surface area contributed by atoms with Gasteiger partial charge in [-0.05, 0) is 60.6 Å². The Balaban J connectivity index is 2.24. The van der Waals surface area contributed by atoms with Crippen LogP contribution in [0.1, 0.15) is 45.2 Å². The Bertz CT molecular complexity index is 733. The molecule has 0 bridgehead atoms. The molecule has 0 saturated heterocycles. The summed E-state index contributed by atoms with van der Waals surface area (Å²) in [5.74, 6) is 0.560. The molecule has 126 valence electrons. The third kappa shape index (κ3) is 4.41. The van der Waals surface area contributed by atoms with E-state index in [1.54, 1.807) is 26.1 Å². The Morgan fingerprint density at radius 3 is 2.29 bits per heavy atom. The summed E-state index contributed by atoms with van der Waals surface area (Å²) in [6.07, 6.45) is 2.60. The first kappa shape index (κ1) is 18.1. The normalized spacial score (nSPS) is 11.6. The van der Waals surface area contributed by atoms with Crippen molar-refractivity contribution in [3.05, 3.63) is 72.5 Å². The maximum Gasteiger partial charge on any atom is 0.130 e. The summed E-state index contributed by atoms with van der Waals surface area (Å²) in [6.45, 7) is 15.8. The highest BCUT2D eigenvalue weighted by atomic mass is 19.1. The van der Waals surface area contributed by atoms with E-state index in [0.717, 1.165) is 34.4 Å². The highest BCUT2D eigenvalue weighted by Gasteiger charge is 2.19. The van der Waals surface area contributed by atoms with E-state index in [9.17, 15) is 4.39 Å². The number of hydrogen-bond acceptors (Lipinski definition) is 1. The number of pyridine rings is 1. The monoisotopic (exact) mass is 323 g/mol. The maximum absolute atomic E-state index is 14.1. The van der Waals surface area contributed by atoms with Crippen molar-refractivity contribution in [1.29, 1.82) is 0 Å². The summed E-state index contributed by atoms with van der Waals surface area (Å²) >= 11 is 0. The van der Waals surface area contributed by atoms with Gasteiger partial charge in [0.1, 0.15) is 5.67 Å². The van der Waals surface area contributed by atoms with Crippen LogP contribution in [-0.4, -0.2) is 4.98 Å². The minimum absolute atomic E-state index is 0.560. The van der Waals surface area contributed by atoms with E-state index < -0.39 is 5.67 Å². The van der Waals surface area contributed by atoms with Crippen LogP contribution in [-0.2, 0) is 5.67 Å². The predicted octanol–water partition coefficient (Wildman–Crippen LogP) is 6.57. The minimum atomic E-state index is -1.37. The van der Waals surface area contributed by atoms with Gasteiger partial charge in [-0.2, -0.15) is 0 Å². The molecule has 0 unspecified atom stereocenters. The molecule has 2 aromatic rings. The predicted molar refractivity (Wildman–Crippen MR) is 101 cm³/mol. The van der Waals surface area contributed by atoms with E-state index in [0.29, 0.717) is 11.5 Å². The molecule has 1 nitrogen and oxygen atoms in total. The van der Waals surface area contributed by atoms with Gasteiger partial charge in [-0.1, -0.05) is 51.3 Å². The van der Waals surface area contributed by atoms with Gasteiger partial charge in [0.15, 0.2) is 0 Å². The first-order chi connectivity index (χ1) is 11.2. The number of allylic oxidation sites excluding steroid dienone is 2. The lowest BCUT2D eigenvalue weighted by molar-refractivity contribution is 0.221. The quantitative estimate of drug-likeness (QED) is 0.548. The van der Waals surface area contributed by atoms with E-state index in [2.05, 4.69) is 32.0 Å². The largest absolute Gasteiger partial charge is 0.256 e. The summed E-state index contributed by atoms with van der Waals surface area (Å²) in [6, 6.07) is 11.6. The van der Waals surface area contributed by atoms with Crippen molar-refractivity contribution in [2.75, 3.05) is 0 Å². The molecule has 0 aliphatic heterocycles. The number of alkyl halides is 1. The molecule has 0 fully saturated rings. The Morgan fingerprint density at radius 1 is 1.12 bits per heavy atom. The molecular formula is C22H26FN. The van der Waals surface area contributed by atoms with Crippen LogP contribution >= 0.6 is 0 Å². The highest BCUT2D eigenvalue weighted by Crippen LogP contribution is 2.29. The van der Waals surface area contributed by atoms with Crippen molar-refractivity contribution in [2.24, 2.45) is 5.92 Å². The molecule has 0 N–H and O–H groups in total. The van der Waals surface area contributed by atoms with Crippen molar-refractivity contribution in [2.45, 2.75) is 39.8 Å². The van der Waals surface area contributed by atoms with Crippen molar-refractivity contribution < 1.29 is 4.39 Å². The van der Waals surface area contributed by atoms with E-state index in [1.165, 1.54) is 0 Å². The van der Waals surface area contributed by atoms with Gasteiger partial charge < -0.3 is 0 Å². The number of benzene rings is 1. The van der Waals surface area contributed by atoms with Gasteiger partial charge in [-0.25, -0.2) is 4.39 Å². The van der Waals surface area contributed by atoms with Crippen LogP contribution in [0, 0.1) is 5.92 Å². The van der Waals surface area contributed by atoms with Gasteiger partial charge in [-0.15, -0.1) is 0 Å². The van der Waals surface area contributed by atoms with Crippen molar-refractivity contribution >= 4 is 5.57 Å². The second-order valence-electron chi connectivity index (χ2n) is 7.16. The summed E-state index contributed by atoms with van der Waals surface area (Å²) in [5, 5.41) is 0. The topological polar surface area (TPSA) is 12.9 Å². The van der Waals surface area contributed by atoms with Crippen LogP contribution in [0.25, 0.3) is 16.8 Å². The average molecular weight is 323 g/mol. The lowest BCUT2D eigenvalue weighted by Gasteiger charge is -2.15. The Morgan fingerprint density at radius 2 is 1.75 bits per heavy atom. The number of nitrogens with zero attached hydrogens (tertiary/aromatic N) is 1. The van der Waals surface area contributed by atoms with E-state index in [1.807, 2.05) is 30.3 Å². The molecular weight excluding hydrogens is 297 g/mol. The fourth-order valence-electron chi connectivity index (χ4n) is 2.62. The maximum atomic E-state index is 14.1. The average Bonchev–Trinajstić information content (AvgIpc) is 2.53. The zero-order valence-corrected chi connectivity index (χ0v) is 15.1. The number of halogens is 1. The molecule has 1 aromatic heterocycles. The molecule has 0 saturated carbocycles. The minimum Gasteiger partial charge on any atom is -0.256 e. The van der Waals surface area contributed by atoms with Gasteiger partial charge >= 0.3 is 0 Å². The van der Waals surface area contributed by atoms with Gasteiger partial charge in [0.25, 0.3) is 0 Å². The van der Waals surface area contributed by atoms with Crippen molar-refractivity contribution in [3.8, 4) is 11.3 Å². The first-order valence-electron chi connectivity index (χ1n) is 8.32. The van der Waals surface area contributed by atoms with Crippen LogP contribution in [0.5, 0.6) is 0 Å². The third-order valence-corrected chi connectivity index (χ3v) is 4.06. The fraction of sp³-hybridized carbons (Fsp3) is 0.318. The molecule has 0 atom stereocenters. The van der Waals surface area contributed by atoms with E-state index in [-0.39, 0.29) is 0 Å². The lowest BCUT2D eigenvalue weighted by atomic mass is 9.93. The van der Waals surface area contributed by atoms with Crippen LogP contribution < -0.4 is 0 Å². The highest BCUT2D eigenvalue weighted by molar-refractivity contribution is 5.77. The SMILES string of the molecule is C=C(CC(C)C)C(=C)c1ccc(-c2cc(C(C)(C)F)ccn2)cc1. The van der Waals surface area contributed by atoms with E-state index >= 15 is 0 Å². The molecule has 1 aromatic carbocycles. The second-order valence-corrected chi connectivity index (χ2v) is 7.16. The van der Waals surface area contributed by atoms with Gasteiger partial charge in [-0.3, -0.25) is 4.98 Å². The van der Waals surface area contributed by atoms with Crippen LogP contribution in [0.4, 0.5) is 4.39 Å². The molecule has 2 heteroatoms. The van der Waals surface area contributed by atoms with Crippen LogP contribution in [0.15, 0.2) is 61.3 Å². The molecule has 24 heavy (non-hydrogen) atoms. The zero-order chi connectivity index (χ0) is 17.9. The number of hydrogen-bond donors (Lipinski definition) is 0. The summed E-state index contributed by atoms with van der Waals surface area (Å²) in [7, 11) is 0. The van der Waals surface area contributed by atoms with Crippen molar-refractivity contribution in [3.63, 3.8) is 0 Å². The molecule has 0 amide bonds. The smallest absolute Gasteiger partial charge is 0.130 e. The summed E-state index contributed by atoms with van der Waals surface area (Å²) in [4.78, 5) is 4.37. The molecule has 0 aliphatic rings. The lowest BCUT2D eigenvalue weighted by Crippen LogP contribution is -2.09. The fourth-order valence-corrected chi connectivity index (χ4v) is 2.62. The molecule has 0 aliphatic carbocycles. The summed E-state index contributed by atoms with van der Waals surface area (Å²) < 4.78 is 14.1. The second kappa shape index (κ2) is 7.12. The number of rotatable bonds is 6. The zero-order valence-electron chi connectivity index (χ0n) is 15.1. The first-order valence-corrected chi connectivity index (χ1v) is 8.32.